The lowest BCUT2D eigenvalue weighted by Gasteiger charge is -2.08. The molecule has 0 fully saturated rings. The van der Waals surface area contributed by atoms with Crippen molar-refractivity contribution in [3.05, 3.63) is 59.5 Å². The number of hydrogen-bond donors (Lipinski definition) is 1. The zero-order chi connectivity index (χ0) is 14.0. The number of carbonyl (C=O) groups is 1. The number of carbonyl (C=O) groups excluding carboxylic acids is 1. The predicted molar refractivity (Wildman–Crippen MR) is 94.0 cm³/mol. The number of anilines is 1. The Morgan fingerprint density at radius 1 is 1.16 bits per heavy atom. The minimum atomic E-state index is -0.197. The van der Waals surface area contributed by atoms with Gasteiger partial charge >= 0.3 is 0 Å². The molecule has 0 spiro atoms. The maximum atomic E-state index is 12.1. The first kappa shape index (κ1) is 15.3. The third kappa shape index (κ3) is 3.93. The Bertz CT molecular complexity index is 649. The highest BCUT2D eigenvalue weighted by Crippen LogP contribution is 2.27. The van der Waals surface area contributed by atoms with E-state index in [4.69, 9.17) is 11.6 Å². The standard InChI is InChI=1S/C13H7Br2ClINO/c14-8-2-3-9(15)12(6-8)18-13(19)7-1-4-11(17)10(16)5-7/h1-6H,(H,18,19). The minimum absolute atomic E-state index is 0.197. The molecule has 0 heterocycles. The van der Waals surface area contributed by atoms with Crippen molar-refractivity contribution in [2.75, 3.05) is 5.32 Å². The van der Waals surface area contributed by atoms with E-state index in [-0.39, 0.29) is 5.91 Å². The summed E-state index contributed by atoms with van der Waals surface area (Å²) in [4.78, 5) is 12.1. The average molecular weight is 515 g/mol. The van der Waals surface area contributed by atoms with E-state index in [0.717, 1.165) is 12.5 Å². The molecule has 6 heteroatoms. The Kier molecular flexibility index (Phi) is 5.28. The second kappa shape index (κ2) is 6.56. The van der Waals surface area contributed by atoms with Gasteiger partial charge in [-0.3, -0.25) is 4.79 Å². The van der Waals surface area contributed by atoms with Gasteiger partial charge in [-0.25, -0.2) is 0 Å². The van der Waals surface area contributed by atoms with Crippen molar-refractivity contribution in [1.29, 1.82) is 0 Å². The number of halogens is 4. The molecule has 1 amide bonds. The molecule has 0 aliphatic carbocycles. The maximum Gasteiger partial charge on any atom is 0.255 e. The molecule has 2 rings (SSSR count). The van der Waals surface area contributed by atoms with Gasteiger partial charge in [0, 0.05) is 18.1 Å². The van der Waals surface area contributed by atoms with E-state index < -0.39 is 0 Å². The Hall–Kier alpha value is -0.110. The molecule has 2 nitrogen and oxygen atoms in total. The summed E-state index contributed by atoms with van der Waals surface area (Å²) < 4.78 is 2.63. The van der Waals surface area contributed by atoms with Crippen LogP contribution in [0.5, 0.6) is 0 Å². The largest absolute Gasteiger partial charge is 0.321 e. The third-order valence-electron chi connectivity index (χ3n) is 2.36. The summed E-state index contributed by atoms with van der Waals surface area (Å²) in [5.41, 5.74) is 1.23. The average Bonchev–Trinajstić information content (AvgIpc) is 2.37. The van der Waals surface area contributed by atoms with Gasteiger partial charge in [-0.05, 0) is 74.9 Å². The first-order valence-corrected chi connectivity index (χ1v) is 8.23. The van der Waals surface area contributed by atoms with E-state index in [1.807, 2.05) is 24.3 Å². The normalized spacial score (nSPS) is 10.3. The van der Waals surface area contributed by atoms with E-state index in [9.17, 15) is 4.79 Å². The molecule has 0 aromatic heterocycles. The summed E-state index contributed by atoms with van der Waals surface area (Å²) >= 11 is 14.9. The molecule has 0 radical (unpaired) electrons. The van der Waals surface area contributed by atoms with Crippen LogP contribution in [0.1, 0.15) is 10.4 Å². The summed E-state index contributed by atoms with van der Waals surface area (Å²) in [6.45, 7) is 0. The molecule has 0 saturated heterocycles. The summed E-state index contributed by atoms with van der Waals surface area (Å²) in [7, 11) is 0. The molecule has 0 bridgehead atoms. The fourth-order valence-corrected chi connectivity index (χ4v) is 2.65. The van der Waals surface area contributed by atoms with Gasteiger partial charge in [0.2, 0.25) is 0 Å². The molecule has 19 heavy (non-hydrogen) atoms. The van der Waals surface area contributed by atoms with Crippen molar-refractivity contribution in [3.8, 4) is 0 Å². The van der Waals surface area contributed by atoms with Gasteiger partial charge in [0.15, 0.2) is 0 Å². The highest BCUT2D eigenvalue weighted by molar-refractivity contribution is 14.1. The summed E-state index contributed by atoms with van der Waals surface area (Å²) in [5.74, 6) is -0.197. The van der Waals surface area contributed by atoms with Crippen molar-refractivity contribution >= 4 is 77.6 Å². The van der Waals surface area contributed by atoms with Crippen LogP contribution in [-0.4, -0.2) is 5.91 Å². The quantitative estimate of drug-likeness (QED) is 0.510. The Morgan fingerprint density at radius 3 is 2.58 bits per heavy atom. The van der Waals surface area contributed by atoms with Crippen molar-refractivity contribution in [3.63, 3.8) is 0 Å². The Morgan fingerprint density at radius 2 is 1.89 bits per heavy atom. The molecule has 0 atom stereocenters. The van der Waals surface area contributed by atoms with Crippen LogP contribution in [0.2, 0.25) is 5.02 Å². The molecule has 98 valence electrons. The zero-order valence-corrected chi connectivity index (χ0v) is 15.5. The van der Waals surface area contributed by atoms with Crippen LogP contribution in [0.3, 0.4) is 0 Å². The van der Waals surface area contributed by atoms with Crippen molar-refractivity contribution < 1.29 is 4.79 Å². The monoisotopic (exact) mass is 513 g/mol. The smallest absolute Gasteiger partial charge is 0.255 e. The molecule has 2 aromatic rings. The maximum absolute atomic E-state index is 12.1. The van der Waals surface area contributed by atoms with Gasteiger partial charge in [-0.2, -0.15) is 0 Å². The van der Waals surface area contributed by atoms with Gasteiger partial charge in [-0.15, -0.1) is 0 Å². The van der Waals surface area contributed by atoms with Crippen LogP contribution in [-0.2, 0) is 0 Å². The van der Waals surface area contributed by atoms with Crippen molar-refractivity contribution in [2.45, 2.75) is 0 Å². The van der Waals surface area contributed by atoms with Crippen molar-refractivity contribution in [2.24, 2.45) is 0 Å². The van der Waals surface area contributed by atoms with Crippen molar-refractivity contribution in [1.82, 2.24) is 0 Å². The van der Waals surface area contributed by atoms with Gasteiger partial charge < -0.3 is 5.32 Å². The predicted octanol–water partition coefficient (Wildman–Crippen LogP) is 5.72. The second-order valence-electron chi connectivity index (χ2n) is 3.71. The van der Waals surface area contributed by atoms with E-state index >= 15 is 0 Å². The highest BCUT2D eigenvalue weighted by Gasteiger charge is 2.10. The molecule has 0 aliphatic heterocycles. The lowest BCUT2D eigenvalue weighted by Crippen LogP contribution is -2.12. The Balaban J connectivity index is 2.25. The fourth-order valence-electron chi connectivity index (χ4n) is 1.43. The lowest BCUT2D eigenvalue weighted by molar-refractivity contribution is 0.102. The third-order valence-corrected chi connectivity index (χ3v) is 5.12. The SMILES string of the molecule is O=C(Nc1cc(Br)ccc1Br)c1ccc(I)c(Cl)c1. The molecule has 1 N–H and O–H groups in total. The topological polar surface area (TPSA) is 29.1 Å². The van der Waals surface area contributed by atoms with Gasteiger partial charge in [0.05, 0.1) is 10.7 Å². The van der Waals surface area contributed by atoms with Gasteiger partial charge in [-0.1, -0.05) is 27.5 Å². The number of amides is 1. The van der Waals surface area contributed by atoms with E-state index in [1.54, 1.807) is 12.1 Å². The van der Waals surface area contributed by atoms with Crippen LogP contribution in [0.15, 0.2) is 45.3 Å². The zero-order valence-electron chi connectivity index (χ0n) is 9.38. The Labute approximate surface area is 146 Å². The molecule has 0 unspecified atom stereocenters. The molecule has 0 aliphatic rings. The molecular formula is C13H7Br2ClINO. The summed E-state index contributed by atoms with van der Waals surface area (Å²) in [6, 6.07) is 10.8. The van der Waals surface area contributed by atoms with Gasteiger partial charge in [0.1, 0.15) is 0 Å². The van der Waals surface area contributed by atoms with Crippen LogP contribution in [0.25, 0.3) is 0 Å². The number of hydrogen-bond acceptors (Lipinski definition) is 1. The summed E-state index contributed by atoms with van der Waals surface area (Å²) in [6.07, 6.45) is 0. The molecule has 2 aromatic carbocycles. The highest BCUT2D eigenvalue weighted by atomic mass is 127. The minimum Gasteiger partial charge on any atom is -0.321 e. The van der Waals surface area contributed by atoms with Crippen LogP contribution in [0, 0.1) is 3.57 Å². The fraction of sp³-hybridized carbons (Fsp3) is 0. The molecule has 0 saturated carbocycles. The van der Waals surface area contributed by atoms with Crippen LogP contribution >= 0.6 is 66.1 Å². The first-order valence-electron chi connectivity index (χ1n) is 5.19. The second-order valence-corrected chi connectivity index (χ2v) is 7.05. The lowest BCUT2D eigenvalue weighted by atomic mass is 10.2. The van der Waals surface area contributed by atoms with Gasteiger partial charge in [0.25, 0.3) is 5.91 Å². The molecular weight excluding hydrogens is 508 g/mol. The van der Waals surface area contributed by atoms with E-state index in [1.165, 1.54) is 0 Å². The van der Waals surface area contributed by atoms with E-state index in [2.05, 4.69) is 59.8 Å². The summed E-state index contributed by atoms with van der Waals surface area (Å²) in [5, 5.41) is 3.41. The number of rotatable bonds is 2. The van der Waals surface area contributed by atoms with Crippen LogP contribution < -0.4 is 5.32 Å². The number of benzene rings is 2. The van der Waals surface area contributed by atoms with E-state index in [0.29, 0.717) is 16.3 Å². The number of nitrogens with one attached hydrogen (secondary N) is 1. The van der Waals surface area contributed by atoms with Crippen LogP contribution in [0.4, 0.5) is 5.69 Å². The first-order chi connectivity index (χ1) is 8.97.